The normalized spacial score (nSPS) is 14.8. The molecule has 0 aliphatic carbocycles. The SMILES string of the molecule is CN(CC(=O)Nc1ccc(Cl)c(S(=O)(=O)N2CCOCC2)c1)C(=O)c1ccnc(F)c1. The summed E-state index contributed by atoms with van der Waals surface area (Å²) in [6, 6.07) is 6.41. The van der Waals surface area contributed by atoms with E-state index < -0.39 is 27.8 Å². The van der Waals surface area contributed by atoms with Gasteiger partial charge in [0.05, 0.1) is 24.8 Å². The van der Waals surface area contributed by atoms with Gasteiger partial charge in [0.1, 0.15) is 4.90 Å². The van der Waals surface area contributed by atoms with Crippen molar-refractivity contribution < 1.29 is 27.1 Å². The maximum Gasteiger partial charge on any atom is 0.254 e. The van der Waals surface area contributed by atoms with Gasteiger partial charge in [-0.15, -0.1) is 0 Å². The Morgan fingerprint density at radius 3 is 2.65 bits per heavy atom. The molecule has 0 unspecified atom stereocenters. The number of nitrogens with zero attached hydrogens (tertiary/aromatic N) is 3. The Morgan fingerprint density at radius 2 is 1.97 bits per heavy atom. The first kappa shape index (κ1) is 23.1. The summed E-state index contributed by atoms with van der Waals surface area (Å²) in [5.41, 5.74) is 0.255. The average Bonchev–Trinajstić information content (AvgIpc) is 2.75. The van der Waals surface area contributed by atoms with E-state index in [0.717, 1.165) is 17.2 Å². The summed E-state index contributed by atoms with van der Waals surface area (Å²) < 4.78 is 45.4. The van der Waals surface area contributed by atoms with Crippen molar-refractivity contribution in [1.29, 1.82) is 0 Å². The van der Waals surface area contributed by atoms with Crippen molar-refractivity contribution >= 4 is 39.1 Å². The number of halogens is 2. The van der Waals surface area contributed by atoms with Gasteiger partial charge in [0.15, 0.2) is 0 Å². The van der Waals surface area contributed by atoms with Crippen LogP contribution in [0.1, 0.15) is 10.4 Å². The monoisotopic (exact) mass is 470 g/mol. The number of pyridine rings is 1. The Bertz CT molecular complexity index is 1090. The van der Waals surface area contributed by atoms with Crippen molar-refractivity contribution in [2.75, 3.05) is 45.2 Å². The van der Waals surface area contributed by atoms with Gasteiger partial charge < -0.3 is 15.0 Å². The molecule has 2 heterocycles. The average molecular weight is 471 g/mol. The molecule has 1 aliphatic rings. The van der Waals surface area contributed by atoms with E-state index in [1.807, 2.05) is 0 Å². The maximum absolute atomic E-state index is 13.2. The molecule has 1 aromatic carbocycles. The van der Waals surface area contributed by atoms with Gasteiger partial charge in [0, 0.05) is 43.7 Å². The van der Waals surface area contributed by atoms with E-state index >= 15 is 0 Å². The fourth-order valence-electron chi connectivity index (χ4n) is 2.95. The number of carbonyl (C=O) groups excluding carboxylic acids is 2. The highest BCUT2D eigenvalue weighted by Crippen LogP contribution is 2.28. The van der Waals surface area contributed by atoms with Crippen molar-refractivity contribution in [1.82, 2.24) is 14.2 Å². The van der Waals surface area contributed by atoms with Crippen molar-refractivity contribution in [3.8, 4) is 0 Å². The molecule has 166 valence electrons. The molecule has 31 heavy (non-hydrogen) atoms. The van der Waals surface area contributed by atoms with Gasteiger partial charge >= 0.3 is 0 Å². The molecule has 2 amide bonds. The molecule has 12 heteroatoms. The minimum Gasteiger partial charge on any atom is -0.379 e. The lowest BCUT2D eigenvalue weighted by Gasteiger charge is -2.26. The van der Waals surface area contributed by atoms with Crippen LogP contribution in [0.15, 0.2) is 41.4 Å². The van der Waals surface area contributed by atoms with Crippen LogP contribution in [0.3, 0.4) is 0 Å². The van der Waals surface area contributed by atoms with E-state index in [0.29, 0.717) is 0 Å². The molecule has 0 bridgehead atoms. The number of hydrogen-bond acceptors (Lipinski definition) is 6. The number of nitrogens with one attached hydrogen (secondary N) is 1. The Labute approximate surface area is 183 Å². The second-order valence-electron chi connectivity index (χ2n) is 6.74. The number of rotatable bonds is 6. The molecule has 2 aromatic rings. The van der Waals surface area contributed by atoms with Gasteiger partial charge in [-0.1, -0.05) is 11.6 Å². The largest absolute Gasteiger partial charge is 0.379 e. The summed E-state index contributed by atoms with van der Waals surface area (Å²) in [6.07, 6.45) is 1.15. The number of likely N-dealkylation sites (N-methyl/N-ethyl adjacent to an activating group) is 1. The van der Waals surface area contributed by atoms with E-state index in [4.69, 9.17) is 16.3 Å². The Hall–Kier alpha value is -2.60. The number of benzene rings is 1. The highest BCUT2D eigenvalue weighted by Gasteiger charge is 2.28. The van der Waals surface area contributed by atoms with Crippen LogP contribution in [0.2, 0.25) is 5.02 Å². The summed E-state index contributed by atoms with van der Waals surface area (Å²) in [5.74, 6) is -1.94. The Kier molecular flexibility index (Phi) is 7.21. The second kappa shape index (κ2) is 9.69. The van der Waals surface area contributed by atoms with E-state index in [1.165, 1.54) is 35.6 Å². The summed E-state index contributed by atoms with van der Waals surface area (Å²) in [4.78, 5) is 29.1. The molecule has 0 spiro atoms. The number of sulfonamides is 1. The molecule has 3 rings (SSSR count). The van der Waals surface area contributed by atoms with E-state index in [9.17, 15) is 22.4 Å². The van der Waals surface area contributed by atoms with Gasteiger partial charge in [-0.25, -0.2) is 13.4 Å². The van der Waals surface area contributed by atoms with E-state index in [1.54, 1.807) is 0 Å². The highest BCUT2D eigenvalue weighted by molar-refractivity contribution is 7.89. The first-order valence-corrected chi connectivity index (χ1v) is 11.0. The van der Waals surface area contributed by atoms with Crippen LogP contribution in [-0.4, -0.2) is 74.3 Å². The second-order valence-corrected chi connectivity index (χ2v) is 9.05. The zero-order valence-electron chi connectivity index (χ0n) is 16.5. The minimum atomic E-state index is -3.86. The molecule has 1 fully saturated rings. The van der Waals surface area contributed by atoms with Crippen LogP contribution in [0.5, 0.6) is 0 Å². The summed E-state index contributed by atoms with van der Waals surface area (Å²) in [6.45, 7) is 0.649. The molecule has 1 saturated heterocycles. The first-order valence-electron chi connectivity index (χ1n) is 9.23. The van der Waals surface area contributed by atoms with Crippen LogP contribution < -0.4 is 5.32 Å². The van der Waals surface area contributed by atoms with Crippen molar-refractivity contribution in [2.24, 2.45) is 0 Å². The van der Waals surface area contributed by atoms with Crippen molar-refractivity contribution in [3.05, 3.63) is 53.1 Å². The molecule has 1 aliphatic heterocycles. The summed E-state index contributed by atoms with van der Waals surface area (Å²) in [7, 11) is -2.48. The van der Waals surface area contributed by atoms with Crippen LogP contribution in [0.4, 0.5) is 10.1 Å². The Morgan fingerprint density at radius 1 is 1.26 bits per heavy atom. The summed E-state index contributed by atoms with van der Waals surface area (Å²) in [5, 5.41) is 2.57. The van der Waals surface area contributed by atoms with Gasteiger partial charge in [0.2, 0.25) is 21.9 Å². The summed E-state index contributed by atoms with van der Waals surface area (Å²) >= 11 is 6.10. The number of hydrogen-bond donors (Lipinski definition) is 1. The predicted molar refractivity (Wildman–Crippen MR) is 111 cm³/mol. The lowest BCUT2D eigenvalue weighted by Crippen LogP contribution is -2.40. The molecule has 9 nitrogen and oxygen atoms in total. The number of carbonyl (C=O) groups is 2. The third-order valence-corrected chi connectivity index (χ3v) is 6.88. The van der Waals surface area contributed by atoms with Gasteiger partial charge in [-0.2, -0.15) is 8.70 Å². The maximum atomic E-state index is 13.2. The van der Waals surface area contributed by atoms with Gasteiger partial charge in [0.25, 0.3) is 5.91 Å². The molecule has 1 N–H and O–H groups in total. The van der Waals surface area contributed by atoms with Crippen LogP contribution in [-0.2, 0) is 19.6 Å². The van der Waals surface area contributed by atoms with Crippen LogP contribution in [0, 0.1) is 5.95 Å². The van der Waals surface area contributed by atoms with Crippen molar-refractivity contribution in [2.45, 2.75) is 4.90 Å². The zero-order valence-corrected chi connectivity index (χ0v) is 18.1. The third-order valence-electron chi connectivity index (χ3n) is 4.50. The molecule has 0 radical (unpaired) electrons. The van der Waals surface area contributed by atoms with Gasteiger partial charge in [-0.3, -0.25) is 9.59 Å². The first-order chi connectivity index (χ1) is 14.7. The zero-order chi connectivity index (χ0) is 22.6. The molecular formula is C19H20ClFN4O5S. The third kappa shape index (κ3) is 5.56. The predicted octanol–water partition coefficient (Wildman–Crippen LogP) is 1.61. The molecule has 1 aromatic heterocycles. The number of amides is 2. The molecule has 0 saturated carbocycles. The Balaban J connectivity index is 1.70. The number of aromatic nitrogens is 1. The van der Waals surface area contributed by atoms with Crippen LogP contribution >= 0.6 is 11.6 Å². The smallest absolute Gasteiger partial charge is 0.254 e. The quantitative estimate of drug-likeness (QED) is 0.642. The van der Waals surface area contributed by atoms with Gasteiger partial charge in [-0.05, 0) is 24.3 Å². The molecule has 0 atom stereocenters. The fraction of sp³-hybridized carbons (Fsp3) is 0.316. The van der Waals surface area contributed by atoms with Crippen molar-refractivity contribution in [3.63, 3.8) is 0 Å². The fourth-order valence-corrected chi connectivity index (χ4v) is 4.86. The number of ether oxygens (including phenoxy) is 1. The topological polar surface area (TPSA) is 109 Å². The van der Waals surface area contributed by atoms with E-state index in [2.05, 4.69) is 10.3 Å². The van der Waals surface area contributed by atoms with Crippen LogP contribution in [0.25, 0.3) is 0 Å². The standard InChI is InChI=1S/C19H20ClFN4O5S/c1-24(19(27)13-4-5-22-17(21)10-13)12-18(26)23-14-2-3-15(20)16(11-14)31(28,29)25-6-8-30-9-7-25/h2-5,10-11H,6-9,12H2,1H3,(H,23,26). The lowest BCUT2D eigenvalue weighted by molar-refractivity contribution is -0.116. The number of anilines is 1. The van der Waals surface area contributed by atoms with E-state index in [-0.39, 0.29) is 54.0 Å². The number of morpholine rings is 1. The highest BCUT2D eigenvalue weighted by atomic mass is 35.5. The lowest BCUT2D eigenvalue weighted by atomic mass is 10.2. The minimum absolute atomic E-state index is 0.0245. The molecular weight excluding hydrogens is 451 g/mol.